The van der Waals surface area contributed by atoms with E-state index in [0.717, 1.165) is 35.2 Å². The molecule has 0 bridgehead atoms. The standard InChI is InChI=1S/C26H26ClF3N2O2S/c1-18-4-6-19(7-5-18)25(20-8-10-22(11-9-20)26(28,29)30)21-3-2-16-32(17-21)35(33,34)31-24-14-12-23(27)13-15-24/h4-15,21,25,31H,2-3,16-17H2,1H3. The molecule has 0 radical (unpaired) electrons. The highest BCUT2D eigenvalue weighted by atomic mass is 35.5. The van der Waals surface area contributed by atoms with Crippen molar-refractivity contribution in [2.75, 3.05) is 17.8 Å². The second-order valence-electron chi connectivity index (χ2n) is 8.88. The van der Waals surface area contributed by atoms with E-state index >= 15 is 0 Å². The molecule has 2 unspecified atom stereocenters. The number of nitrogens with one attached hydrogen (secondary N) is 1. The number of hydrogen-bond donors (Lipinski definition) is 1. The Hall–Kier alpha value is -2.55. The summed E-state index contributed by atoms with van der Waals surface area (Å²) in [5.74, 6) is -0.351. The van der Waals surface area contributed by atoms with Crippen molar-refractivity contribution in [2.45, 2.75) is 31.9 Å². The minimum Gasteiger partial charge on any atom is -0.271 e. The number of nitrogens with zero attached hydrogens (tertiary/aromatic N) is 1. The summed E-state index contributed by atoms with van der Waals surface area (Å²) in [7, 11) is -3.82. The van der Waals surface area contributed by atoms with Gasteiger partial charge in [-0.3, -0.25) is 4.72 Å². The first-order valence-electron chi connectivity index (χ1n) is 11.3. The van der Waals surface area contributed by atoms with Gasteiger partial charge in [-0.1, -0.05) is 53.6 Å². The number of alkyl halides is 3. The van der Waals surface area contributed by atoms with E-state index in [-0.39, 0.29) is 18.4 Å². The maximum atomic E-state index is 13.1. The van der Waals surface area contributed by atoms with Gasteiger partial charge in [0, 0.05) is 29.7 Å². The highest BCUT2D eigenvalue weighted by Gasteiger charge is 2.35. The minimum absolute atomic E-state index is 0.106. The Labute approximate surface area is 208 Å². The van der Waals surface area contributed by atoms with Crippen LogP contribution in [0.2, 0.25) is 5.02 Å². The third kappa shape index (κ3) is 6.18. The smallest absolute Gasteiger partial charge is 0.271 e. The summed E-state index contributed by atoms with van der Waals surface area (Å²) in [6.07, 6.45) is -3.01. The number of piperidine rings is 1. The van der Waals surface area contributed by atoms with Crippen molar-refractivity contribution < 1.29 is 21.6 Å². The van der Waals surface area contributed by atoms with Gasteiger partial charge in [0.2, 0.25) is 0 Å². The lowest BCUT2D eigenvalue weighted by Gasteiger charge is -2.37. The molecular formula is C26H26ClF3N2O2S. The number of aryl methyl sites for hydroxylation is 1. The molecular weight excluding hydrogens is 497 g/mol. The van der Waals surface area contributed by atoms with Crippen LogP contribution in [0, 0.1) is 12.8 Å². The Morgan fingerprint density at radius 3 is 2.09 bits per heavy atom. The van der Waals surface area contributed by atoms with Gasteiger partial charge in [0.15, 0.2) is 0 Å². The summed E-state index contributed by atoms with van der Waals surface area (Å²) in [6.45, 7) is 2.59. The summed E-state index contributed by atoms with van der Waals surface area (Å²) in [6, 6.07) is 19.5. The molecule has 0 spiro atoms. The van der Waals surface area contributed by atoms with E-state index < -0.39 is 21.9 Å². The molecule has 4 rings (SSSR count). The maximum Gasteiger partial charge on any atom is 0.416 e. The van der Waals surface area contributed by atoms with E-state index in [1.54, 1.807) is 24.3 Å². The van der Waals surface area contributed by atoms with Gasteiger partial charge in [-0.2, -0.15) is 25.9 Å². The SMILES string of the molecule is Cc1ccc(C(c2ccc(C(F)(F)F)cc2)C2CCCN(S(=O)(=O)Nc3ccc(Cl)cc3)C2)cc1. The molecule has 1 saturated heterocycles. The van der Waals surface area contributed by atoms with Crippen molar-refractivity contribution in [1.29, 1.82) is 0 Å². The summed E-state index contributed by atoms with van der Waals surface area (Å²) in [4.78, 5) is 0. The van der Waals surface area contributed by atoms with Gasteiger partial charge in [0.1, 0.15) is 0 Å². The highest BCUT2D eigenvalue weighted by Crippen LogP contribution is 2.39. The molecule has 9 heteroatoms. The lowest BCUT2D eigenvalue weighted by molar-refractivity contribution is -0.137. The molecule has 1 aliphatic heterocycles. The van der Waals surface area contributed by atoms with E-state index in [1.807, 2.05) is 31.2 Å². The summed E-state index contributed by atoms with van der Waals surface area (Å²) >= 11 is 5.90. The first kappa shape index (κ1) is 25.5. The van der Waals surface area contributed by atoms with Crippen molar-refractivity contribution in [3.05, 3.63) is 100 Å². The van der Waals surface area contributed by atoms with Crippen LogP contribution in [0.4, 0.5) is 18.9 Å². The molecule has 1 N–H and O–H groups in total. The fraction of sp³-hybridized carbons (Fsp3) is 0.308. The van der Waals surface area contributed by atoms with Crippen LogP contribution in [-0.4, -0.2) is 25.8 Å². The van der Waals surface area contributed by atoms with Crippen LogP contribution >= 0.6 is 11.6 Å². The molecule has 0 aromatic heterocycles. The lowest BCUT2D eigenvalue weighted by Crippen LogP contribution is -2.44. The molecule has 1 heterocycles. The van der Waals surface area contributed by atoms with Crippen molar-refractivity contribution >= 4 is 27.5 Å². The molecule has 3 aromatic rings. The molecule has 3 aromatic carbocycles. The van der Waals surface area contributed by atoms with Gasteiger partial charge in [-0.15, -0.1) is 0 Å². The topological polar surface area (TPSA) is 49.4 Å². The average Bonchev–Trinajstić information content (AvgIpc) is 2.82. The predicted molar refractivity (Wildman–Crippen MR) is 133 cm³/mol. The molecule has 2 atom stereocenters. The van der Waals surface area contributed by atoms with Crippen molar-refractivity contribution in [3.8, 4) is 0 Å². The van der Waals surface area contributed by atoms with Crippen LogP contribution in [-0.2, 0) is 16.4 Å². The largest absolute Gasteiger partial charge is 0.416 e. The first-order chi connectivity index (χ1) is 16.5. The zero-order valence-electron chi connectivity index (χ0n) is 19.1. The quantitative estimate of drug-likeness (QED) is 0.384. The monoisotopic (exact) mass is 522 g/mol. The summed E-state index contributed by atoms with van der Waals surface area (Å²) in [5, 5.41) is 0.503. The molecule has 1 aliphatic rings. The number of hydrogen-bond acceptors (Lipinski definition) is 2. The Bertz CT molecular complexity index is 1250. The summed E-state index contributed by atoms with van der Waals surface area (Å²) in [5.41, 5.74) is 2.46. The lowest BCUT2D eigenvalue weighted by atomic mass is 9.77. The van der Waals surface area contributed by atoms with Crippen molar-refractivity contribution in [3.63, 3.8) is 0 Å². The highest BCUT2D eigenvalue weighted by molar-refractivity contribution is 7.90. The number of anilines is 1. The average molecular weight is 523 g/mol. The second kappa shape index (κ2) is 10.2. The Balaban J connectivity index is 1.63. The molecule has 186 valence electrons. The van der Waals surface area contributed by atoms with Gasteiger partial charge in [-0.05, 0) is 73.2 Å². The Morgan fingerprint density at radius 1 is 0.943 bits per heavy atom. The molecule has 4 nitrogen and oxygen atoms in total. The maximum absolute atomic E-state index is 13.1. The third-order valence-corrected chi connectivity index (χ3v) is 8.11. The van der Waals surface area contributed by atoms with Gasteiger partial charge < -0.3 is 0 Å². The van der Waals surface area contributed by atoms with Crippen molar-refractivity contribution in [1.82, 2.24) is 4.31 Å². The second-order valence-corrected chi connectivity index (χ2v) is 11.0. The molecule has 35 heavy (non-hydrogen) atoms. The van der Waals surface area contributed by atoms with Crippen LogP contribution < -0.4 is 4.72 Å². The summed E-state index contributed by atoms with van der Waals surface area (Å²) < 4.78 is 69.7. The van der Waals surface area contributed by atoms with Gasteiger partial charge in [-0.25, -0.2) is 0 Å². The van der Waals surface area contributed by atoms with Crippen LogP contribution in [0.25, 0.3) is 0 Å². The Morgan fingerprint density at radius 2 is 1.51 bits per heavy atom. The first-order valence-corrected chi connectivity index (χ1v) is 13.1. The molecule has 1 fully saturated rings. The van der Waals surface area contributed by atoms with E-state index in [4.69, 9.17) is 11.6 Å². The third-order valence-electron chi connectivity index (χ3n) is 6.36. The van der Waals surface area contributed by atoms with Gasteiger partial charge in [0.05, 0.1) is 5.56 Å². The van der Waals surface area contributed by atoms with Crippen LogP contribution in [0.5, 0.6) is 0 Å². The van der Waals surface area contributed by atoms with E-state index in [9.17, 15) is 21.6 Å². The van der Waals surface area contributed by atoms with Crippen molar-refractivity contribution in [2.24, 2.45) is 5.92 Å². The van der Waals surface area contributed by atoms with E-state index in [2.05, 4.69) is 4.72 Å². The van der Waals surface area contributed by atoms with E-state index in [1.165, 1.54) is 16.4 Å². The zero-order valence-corrected chi connectivity index (χ0v) is 20.7. The normalized spacial score (nSPS) is 18.3. The number of benzene rings is 3. The van der Waals surface area contributed by atoms with Crippen LogP contribution in [0.1, 0.15) is 41.0 Å². The number of rotatable bonds is 6. The van der Waals surface area contributed by atoms with Gasteiger partial charge >= 0.3 is 16.4 Å². The number of halogens is 4. The Kier molecular flexibility index (Phi) is 7.45. The van der Waals surface area contributed by atoms with E-state index in [0.29, 0.717) is 23.7 Å². The fourth-order valence-electron chi connectivity index (χ4n) is 4.59. The van der Waals surface area contributed by atoms with Crippen LogP contribution in [0.3, 0.4) is 0 Å². The molecule has 0 aliphatic carbocycles. The zero-order chi connectivity index (χ0) is 25.2. The molecule has 0 saturated carbocycles. The van der Waals surface area contributed by atoms with Crippen LogP contribution in [0.15, 0.2) is 72.8 Å². The fourth-order valence-corrected chi connectivity index (χ4v) is 6.03. The minimum atomic E-state index is -4.42. The van der Waals surface area contributed by atoms with Gasteiger partial charge in [0.25, 0.3) is 0 Å². The molecule has 0 amide bonds. The predicted octanol–water partition coefficient (Wildman–Crippen LogP) is 6.87.